The van der Waals surface area contributed by atoms with Crippen LogP contribution in [0.25, 0.3) is 0 Å². The number of carbonyl (C=O) groups is 2. The summed E-state index contributed by atoms with van der Waals surface area (Å²) in [5.41, 5.74) is 0.0989. The highest BCUT2D eigenvalue weighted by Gasteiger charge is 2.38. The van der Waals surface area contributed by atoms with Crippen LogP contribution in [0.2, 0.25) is 0 Å². The Labute approximate surface area is 126 Å². The molecule has 0 fully saturated rings. The van der Waals surface area contributed by atoms with Crippen molar-refractivity contribution in [2.24, 2.45) is 5.18 Å². The van der Waals surface area contributed by atoms with Gasteiger partial charge in [0.15, 0.2) is 0 Å². The van der Waals surface area contributed by atoms with Gasteiger partial charge in [-0.1, -0.05) is 13.0 Å². The van der Waals surface area contributed by atoms with Crippen LogP contribution in [-0.4, -0.2) is 35.0 Å². The molecule has 0 bridgehead atoms. The Morgan fingerprint density at radius 1 is 1.50 bits per heavy atom. The molecule has 22 heavy (non-hydrogen) atoms. The number of nitrogens with one attached hydrogen (secondary N) is 1. The highest BCUT2D eigenvalue weighted by Crippen LogP contribution is 2.36. The molecule has 0 saturated heterocycles. The molecule has 0 aliphatic carbocycles. The summed E-state index contributed by atoms with van der Waals surface area (Å²) in [5.74, 6) is -2.62. The van der Waals surface area contributed by atoms with Gasteiger partial charge in [0.2, 0.25) is 5.91 Å². The molecule has 9 heteroatoms. The number of benzene rings is 1. The van der Waals surface area contributed by atoms with Crippen molar-refractivity contribution in [3.8, 4) is 11.5 Å². The van der Waals surface area contributed by atoms with Crippen LogP contribution in [0.5, 0.6) is 11.5 Å². The molecular formula is C13H15BN2O6. The molecule has 2 rings (SSSR count). The van der Waals surface area contributed by atoms with Crippen molar-refractivity contribution in [1.29, 1.82) is 0 Å². The third kappa shape index (κ3) is 3.09. The number of rotatable bonds is 4. The standard InChI is InChI=1S/C13H15BN2O6/c1-2-3-10(18)15-9-6-7-4-5-8(17)11(13(19)16-21)12(7)22-14(9)20/h4-5,9,17,20H,2-3,6H2,1H3,(H,15,18)/t9-/m0/s1. The highest BCUT2D eigenvalue weighted by atomic mass is 16.5. The normalized spacial score (nSPS) is 16.5. The van der Waals surface area contributed by atoms with Crippen molar-refractivity contribution in [1.82, 2.24) is 5.32 Å². The zero-order valence-electron chi connectivity index (χ0n) is 11.9. The van der Waals surface area contributed by atoms with Crippen molar-refractivity contribution < 1.29 is 24.4 Å². The van der Waals surface area contributed by atoms with E-state index < -0.39 is 24.7 Å². The third-order valence-corrected chi connectivity index (χ3v) is 3.36. The smallest absolute Gasteiger partial charge is 0.534 e. The molecular weight excluding hydrogens is 291 g/mol. The van der Waals surface area contributed by atoms with Gasteiger partial charge in [0.25, 0.3) is 0 Å². The minimum absolute atomic E-state index is 0.0851. The Morgan fingerprint density at radius 2 is 2.23 bits per heavy atom. The summed E-state index contributed by atoms with van der Waals surface area (Å²) in [5, 5.41) is 24.6. The number of fused-ring (bicyclic) bond motifs is 1. The van der Waals surface area contributed by atoms with E-state index in [-0.39, 0.29) is 23.6 Å². The van der Waals surface area contributed by atoms with Gasteiger partial charge in [-0.25, -0.2) is 0 Å². The molecule has 0 aromatic heterocycles. The predicted molar refractivity (Wildman–Crippen MR) is 77.4 cm³/mol. The van der Waals surface area contributed by atoms with Gasteiger partial charge < -0.3 is 20.1 Å². The van der Waals surface area contributed by atoms with Gasteiger partial charge in [-0.2, -0.15) is 0 Å². The van der Waals surface area contributed by atoms with E-state index in [2.05, 4.69) is 10.5 Å². The lowest BCUT2D eigenvalue weighted by Gasteiger charge is -2.29. The first-order chi connectivity index (χ1) is 10.5. The van der Waals surface area contributed by atoms with Crippen LogP contribution in [0.15, 0.2) is 17.3 Å². The van der Waals surface area contributed by atoms with E-state index in [9.17, 15) is 24.6 Å². The zero-order chi connectivity index (χ0) is 16.3. The summed E-state index contributed by atoms with van der Waals surface area (Å²) in [6.45, 7) is 1.86. The fourth-order valence-corrected chi connectivity index (χ4v) is 2.33. The molecule has 0 saturated carbocycles. The first-order valence-electron chi connectivity index (χ1n) is 6.84. The topological polar surface area (TPSA) is 125 Å². The number of phenols is 1. The number of hydrogen-bond donors (Lipinski definition) is 3. The number of aromatic hydroxyl groups is 1. The summed E-state index contributed by atoms with van der Waals surface area (Å²) in [6, 6.07) is 2.74. The van der Waals surface area contributed by atoms with Crippen LogP contribution >= 0.6 is 0 Å². The van der Waals surface area contributed by atoms with Crippen LogP contribution in [0.3, 0.4) is 0 Å². The zero-order valence-corrected chi connectivity index (χ0v) is 11.9. The van der Waals surface area contributed by atoms with Gasteiger partial charge in [0.1, 0.15) is 17.1 Å². The molecule has 0 spiro atoms. The summed E-state index contributed by atoms with van der Waals surface area (Å²) >= 11 is 0. The molecule has 0 radical (unpaired) electrons. The maximum Gasteiger partial charge on any atom is 0.547 e. The first kappa shape index (κ1) is 16.0. The Morgan fingerprint density at radius 3 is 2.86 bits per heavy atom. The van der Waals surface area contributed by atoms with Crippen LogP contribution in [0.1, 0.15) is 35.7 Å². The van der Waals surface area contributed by atoms with Gasteiger partial charge in [-0.15, -0.1) is 4.91 Å². The first-order valence-corrected chi connectivity index (χ1v) is 6.84. The van der Waals surface area contributed by atoms with E-state index in [0.717, 1.165) is 0 Å². The van der Waals surface area contributed by atoms with Crippen molar-refractivity contribution in [3.05, 3.63) is 28.2 Å². The Kier molecular flexibility index (Phi) is 4.76. The molecule has 1 atom stereocenters. The van der Waals surface area contributed by atoms with E-state index in [4.69, 9.17) is 4.65 Å². The Hall–Kier alpha value is -2.42. The quantitative estimate of drug-likeness (QED) is 0.550. The minimum Gasteiger partial charge on any atom is -0.534 e. The minimum atomic E-state index is -1.40. The number of nitrogens with zero attached hydrogens (tertiary/aromatic N) is 1. The average molecular weight is 306 g/mol. The van der Waals surface area contributed by atoms with E-state index in [1.807, 2.05) is 6.92 Å². The van der Waals surface area contributed by atoms with Gasteiger partial charge >= 0.3 is 13.0 Å². The second kappa shape index (κ2) is 6.57. The monoisotopic (exact) mass is 306 g/mol. The summed E-state index contributed by atoms with van der Waals surface area (Å²) < 4.78 is 5.22. The Bertz CT molecular complexity index is 621. The van der Waals surface area contributed by atoms with E-state index in [0.29, 0.717) is 18.4 Å². The van der Waals surface area contributed by atoms with Crippen molar-refractivity contribution in [2.75, 3.05) is 0 Å². The van der Waals surface area contributed by atoms with E-state index in [1.54, 1.807) is 0 Å². The molecule has 0 unspecified atom stereocenters. The molecule has 1 aliphatic heterocycles. The van der Waals surface area contributed by atoms with Crippen LogP contribution in [0.4, 0.5) is 0 Å². The van der Waals surface area contributed by atoms with Crippen LogP contribution < -0.4 is 9.97 Å². The average Bonchev–Trinajstić information content (AvgIpc) is 2.48. The SMILES string of the molecule is CCCC(=O)N[C@H]1Cc2ccc(O)c(C(=O)N=O)c2OB1O. The fourth-order valence-electron chi connectivity index (χ4n) is 2.33. The highest BCUT2D eigenvalue weighted by molar-refractivity contribution is 6.47. The molecule has 3 N–H and O–H groups in total. The lowest BCUT2D eigenvalue weighted by Crippen LogP contribution is -2.53. The second-order valence-corrected chi connectivity index (χ2v) is 4.98. The fraction of sp³-hybridized carbons (Fsp3) is 0.385. The maximum absolute atomic E-state index is 11.6. The van der Waals surface area contributed by atoms with Gasteiger partial charge in [-0.3, -0.25) is 9.59 Å². The van der Waals surface area contributed by atoms with Crippen molar-refractivity contribution in [3.63, 3.8) is 0 Å². The lowest BCUT2D eigenvalue weighted by molar-refractivity contribution is -0.121. The maximum atomic E-state index is 11.6. The third-order valence-electron chi connectivity index (χ3n) is 3.36. The number of carbonyl (C=O) groups excluding carboxylic acids is 2. The number of amides is 2. The van der Waals surface area contributed by atoms with Gasteiger partial charge in [0.05, 0.1) is 5.94 Å². The van der Waals surface area contributed by atoms with Crippen LogP contribution in [0, 0.1) is 4.91 Å². The van der Waals surface area contributed by atoms with Crippen molar-refractivity contribution in [2.45, 2.75) is 32.1 Å². The molecule has 116 valence electrons. The van der Waals surface area contributed by atoms with Gasteiger partial charge in [0, 0.05) is 11.6 Å². The number of phenolic OH excluding ortho intramolecular Hbond substituents is 1. The van der Waals surface area contributed by atoms with Crippen molar-refractivity contribution >= 4 is 18.9 Å². The number of nitroso groups, excluding NO2 is 1. The lowest BCUT2D eigenvalue weighted by atomic mass is 9.72. The summed E-state index contributed by atoms with van der Waals surface area (Å²) in [4.78, 5) is 33.5. The molecule has 1 heterocycles. The van der Waals surface area contributed by atoms with Gasteiger partial charge in [-0.05, 0) is 24.5 Å². The molecule has 1 aromatic rings. The Balaban J connectivity index is 2.29. The second-order valence-electron chi connectivity index (χ2n) is 4.98. The molecule has 1 aromatic carbocycles. The molecule has 2 amide bonds. The van der Waals surface area contributed by atoms with E-state index in [1.165, 1.54) is 12.1 Å². The van der Waals surface area contributed by atoms with E-state index >= 15 is 0 Å². The summed E-state index contributed by atoms with van der Waals surface area (Å²) in [6.07, 6.45) is 1.19. The van der Waals surface area contributed by atoms with Crippen LogP contribution in [-0.2, 0) is 11.2 Å². The molecule has 8 nitrogen and oxygen atoms in total. The number of hydrogen-bond acceptors (Lipinski definition) is 6. The predicted octanol–water partition coefficient (Wildman–Crippen LogP) is 0.538. The summed E-state index contributed by atoms with van der Waals surface area (Å²) in [7, 11) is -1.40. The molecule has 1 aliphatic rings. The largest absolute Gasteiger partial charge is 0.547 e.